The van der Waals surface area contributed by atoms with E-state index < -0.39 is 5.91 Å². The zero-order valence-corrected chi connectivity index (χ0v) is 20.9. The summed E-state index contributed by atoms with van der Waals surface area (Å²) in [7, 11) is 0. The lowest BCUT2D eigenvalue weighted by atomic mass is 10.0. The van der Waals surface area contributed by atoms with Gasteiger partial charge in [-0.2, -0.15) is 10.4 Å². The van der Waals surface area contributed by atoms with E-state index in [0.717, 1.165) is 48.2 Å². The third-order valence-corrected chi connectivity index (χ3v) is 6.15. The molecule has 2 aromatic carbocycles. The van der Waals surface area contributed by atoms with E-state index >= 15 is 0 Å². The summed E-state index contributed by atoms with van der Waals surface area (Å²) < 4.78 is 13.3. The minimum atomic E-state index is -0.415. The van der Waals surface area contributed by atoms with Gasteiger partial charge in [-0.15, -0.1) is 0 Å². The molecule has 0 aliphatic carbocycles. The summed E-state index contributed by atoms with van der Waals surface area (Å²) in [4.78, 5) is 12.8. The Morgan fingerprint density at radius 1 is 1.31 bits per heavy atom. The molecule has 1 unspecified atom stereocenters. The normalized spacial score (nSPS) is 15.5. The monoisotopic (exact) mass is 484 g/mol. The lowest BCUT2D eigenvalue weighted by Crippen LogP contribution is -2.32. The first kappa shape index (κ1) is 25.2. The second-order valence-corrected chi connectivity index (χ2v) is 8.91. The molecule has 7 nitrogen and oxygen atoms in total. The molecule has 4 rings (SSSR count). The van der Waals surface area contributed by atoms with Crippen LogP contribution in [0.5, 0.6) is 5.75 Å². The molecule has 0 saturated carbocycles. The third kappa shape index (κ3) is 6.21. The summed E-state index contributed by atoms with van der Waals surface area (Å²) in [6, 6.07) is 17.7. The molecule has 1 saturated heterocycles. The standard InChI is InChI=1S/C29H32N4O3/c1-3-4-14-36-27-13-12-22(16-21(27)2)28-24(20-33(32-28)25-9-6-5-7-10-25)17-23(18-30)29(34)31-19-26-11-8-15-35-26/h5-7,9-10,12-13,16-17,20,26H,3-4,8,11,14-15,19H2,1-2H3,(H,31,34)/b23-17+. The van der Waals surface area contributed by atoms with Gasteiger partial charge < -0.3 is 14.8 Å². The minimum Gasteiger partial charge on any atom is -0.493 e. The highest BCUT2D eigenvalue weighted by Crippen LogP contribution is 2.30. The number of para-hydroxylation sites is 1. The maximum absolute atomic E-state index is 12.8. The van der Waals surface area contributed by atoms with Crippen molar-refractivity contribution in [1.82, 2.24) is 15.1 Å². The zero-order chi connectivity index (χ0) is 25.3. The van der Waals surface area contributed by atoms with E-state index in [-0.39, 0.29) is 11.7 Å². The zero-order valence-electron chi connectivity index (χ0n) is 20.9. The van der Waals surface area contributed by atoms with Crippen LogP contribution in [0.25, 0.3) is 23.0 Å². The SMILES string of the molecule is CCCCOc1ccc(-c2nn(-c3ccccc3)cc2/C=C(\C#N)C(=O)NCC2CCCO2)cc1C. The fourth-order valence-corrected chi connectivity index (χ4v) is 4.13. The molecule has 3 aromatic rings. The number of benzene rings is 2. The van der Waals surface area contributed by atoms with Gasteiger partial charge in [0.05, 0.1) is 18.4 Å². The molecule has 1 N–H and O–H groups in total. The van der Waals surface area contributed by atoms with Crippen molar-refractivity contribution in [1.29, 1.82) is 5.26 Å². The highest BCUT2D eigenvalue weighted by molar-refractivity contribution is 6.02. The summed E-state index contributed by atoms with van der Waals surface area (Å²) in [6.07, 6.45) is 7.44. The van der Waals surface area contributed by atoms with Gasteiger partial charge in [0.25, 0.3) is 5.91 Å². The van der Waals surface area contributed by atoms with Gasteiger partial charge in [0.2, 0.25) is 0 Å². The average Bonchev–Trinajstić information content (AvgIpc) is 3.58. The van der Waals surface area contributed by atoms with Crippen molar-refractivity contribution in [3.63, 3.8) is 0 Å². The minimum absolute atomic E-state index is 0.00585. The number of aromatic nitrogens is 2. The summed E-state index contributed by atoms with van der Waals surface area (Å²) in [5.74, 6) is 0.431. The number of carbonyl (C=O) groups is 1. The number of unbranched alkanes of at least 4 members (excludes halogenated alkanes) is 1. The maximum atomic E-state index is 12.8. The van der Waals surface area contributed by atoms with Crippen molar-refractivity contribution >= 4 is 12.0 Å². The fraction of sp³-hybridized carbons (Fsp3) is 0.345. The van der Waals surface area contributed by atoms with E-state index in [1.165, 1.54) is 0 Å². The number of nitriles is 1. The number of amides is 1. The Bertz CT molecular complexity index is 1250. The largest absolute Gasteiger partial charge is 0.493 e. The number of rotatable bonds is 10. The Hall–Kier alpha value is -3.89. The highest BCUT2D eigenvalue weighted by Gasteiger charge is 2.19. The molecular formula is C29H32N4O3. The van der Waals surface area contributed by atoms with Crippen molar-refractivity contribution in [2.75, 3.05) is 19.8 Å². The molecule has 1 aliphatic rings. The Morgan fingerprint density at radius 3 is 2.83 bits per heavy atom. The quantitative estimate of drug-likeness (QED) is 0.242. The Balaban J connectivity index is 1.66. The maximum Gasteiger partial charge on any atom is 0.262 e. The van der Waals surface area contributed by atoms with Gasteiger partial charge in [-0.3, -0.25) is 4.79 Å². The van der Waals surface area contributed by atoms with Crippen LogP contribution in [0, 0.1) is 18.3 Å². The van der Waals surface area contributed by atoms with E-state index in [0.29, 0.717) is 31.0 Å². The number of aryl methyl sites for hydroxylation is 1. The highest BCUT2D eigenvalue weighted by atomic mass is 16.5. The molecule has 0 bridgehead atoms. The number of carbonyl (C=O) groups excluding carboxylic acids is 1. The van der Waals surface area contributed by atoms with Crippen LogP contribution in [-0.4, -0.2) is 41.6 Å². The lowest BCUT2D eigenvalue weighted by molar-refractivity contribution is -0.117. The van der Waals surface area contributed by atoms with Gasteiger partial charge in [-0.25, -0.2) is 4.68 Å². The topological polar surface area (TPSA) is 89.2 Å². The van der Waals surface area contributed by atoms with E-state index in [1.807, 2.05) is 61.7 Å². The van der Waals surface area contributed by atoms with Crippen molar-refractivity contribution in [2.24, 2.45) is 0 Å². The molecule has 2 heterocycles. The molecule has 0 spiro atoms. The van der Waals surface area contributed by atoms with Crippen LogP contribution in [0.2, 0.25) is 0 Å². The van der Waals surface area contributed by atoms with Crippen LogP contribution in [0.15, 0.2) is 60.3 Å². The predicted molar refractivity (Wildman–Crippen MR) is 140 cm³/mol. The number of ether oxygens (including phenoxy) is 2. The van der Waals surface area contributed by atoms with Crippen LogP contribution in [0.1, 0.15) is 43.7 Å². The van der Waals surface area contributed by atoms with Gasteiger partial charge in [-0.05, 0) is 68.2 Å². The molecule has 1 fully saturated rings. The van der Waals surface area contributed by atoms with Crippen molar-refractivity contribution < 1.29 is 14.3 Å². The first-order chi connectivity index (χ1) is 17.6. The molecule has 1 aromatic heterocycles. The predicted octanol–water partition coefficient (Wildman–Crippen LogP) is 5.23. The van der Waals surface area contributed by atoms with E-state index in [1.54, 1.807) is 10.8 Å². The number of nitrogens with one attached hydrogen (secondary N) is 1. The van der Waals surface area contributed by atoms with Crippen molar-refractivity contribution in [3.8, 4) is 28.8 Å². The second-order valence-electron chi connectivity index (χ2n) is 8.91. The van der Waals surface area contributed by atoms with Gasteiger partial charge in [0.15, 0.2) is 0 Å². The number of hydrogen-bond acceptors (Lipinski definition) is 5. The van der Waals surface area contributed by atoms with Gasteiger partial charge in [0.1, 0.15) is 23.1 Å². The van der Waals surface area contributed by atoms with Crippen molar-refractivity contribution in [3.05, 3.63) is 71.4 Å². The number of nitrogens with zero attached hydrogens (tertiary/aromatic N) is 3. The Labute approximate surface area is 212 Å². The van der Waals surface area contributed by atoms with Gasteiger partial charge in [-0.1, -0.05) is 31.5 Å². The van der Waals surface area contributed by atoms with Crippen LogP contribution >= 0.6 is 0 Å². The van der Waals surface area contributed by atoms with Crippen LogP contribution in [0.3, 0.4) is 0 Å². The molecule has 36 heavy (non-hydrogen) atoms. The fourth-order valence-electron chi connectivity index (χ4n) is 4.13. The Morgan fingerprint density at radius 2 is 2.14 bits per heavy atom. The summed E-state index contributed by atoms with van der Waals surface area (Å²) >= 11 is 0. The molecule has 1 amide bonds. The molecule has 1 atom stereocenters. The van der Waals surface area contributed by atoms with Crippen LogP contribution < -0.4 is 10.1 Å². The first-order valence-electron chi connectivity index (χ1n) is 12.5. The van der Waals surface area contributed by atoms with Crippen LogP contribution in [-0.2, 0) is 9.53 Å². The van der Waals surface area contributed by atoms with E-state index in [2.05, 4.69) is 18.3 Å². The Kier molecular flexibility index (Phi) is 8.53. The lowest BCUT2D eigenvalue weighted by Gasteiger charge is -2.11. The molecule has 186 valence electrons. The molecule has 0 radical (unpaired) electrons. The van der Waals surface area contributed by atoms with E-state index in [4.69, 9.17) is 14.6 Å². The van der Waals surface area contributed by atoms with Gasteiger partial charge in [0, 0.05) is 30.5 Å². The smallest absolute Gasteiger partial charge is 0.262 e. The average molecular weight is 485 g/mol. The number of hydrogen-bond donors (Lipinski definition) is 1. The summed E-state index contributed by atoms with van der Waals surface area (Å²) in [6.45, 7) is 5.93. The summed E-state index contributed by atoms with van der Waals surface area (Å²) in [5, 5.41) is 17.4. The van der Waals surface area contributed by atoms with Gasteiger partial charge >= 0.3 is 0 Å². The van der Waals surface area contributed by atoms with E-state index in [9.17, 15) is 10.1 Å². The third-order valence-electron chi connectivity index (χ3n) is 6.15. The molecule has 1 aliphatic heterocycles. The van der Waals surface area contributed by atoms with Crippen LogP contribution in [0.4, 0.5) is 0 Å². The van der Waals surface area contributed by atoms with Crippen molar-refractivity contribution in [2.45, 2.75) is 45.6 Å². The first-order valence-corrected chi connectivity index (χ1v) is 12.5. The summed E-state index contributed by atoms with van der Waals surface area (Å²) in [5.41, 5.74) is 4.16. The second kappa shape index (κ2) is 12.2. The molecule has 7 heteroatoms. The molecular weight excluding hydrogens is 452 g/mol.